The van der Waals surface area contributed by atoms with Gasteiger partial charge in [-0.3, -0.25) is 4.79 Å². The number of aryl methyl sites for hydroxylation is 2. The summed E-state index contributed by atoms with van der Waals surface area (Å²) in [6.45, 7) is 4.77. The van der Waals surface area contributed by atoms with Crippen LogP contribution in [0.25, 0.3) is 0 Å². The maximum absolute atomic E-state index is 12.1. The van der Waals surface area contributed by atoms with Gasteiger partial charge in [-0.15, -0.1) is 11.8 Å². The minimum Gasteiger partial charge on any atom is -0.355 e. The van der Waals surface area contributed by atoms with Gasteiger partial charge in [-0.1, -0.05) is 59.8 Å². The van der Waals surface area contributed by atoms with Gasteiger partial charge in [0.2, 0.25) is 5.91 Å². The molecular formula is C22H25N3OS2. The van der Waals surface area contributed by atoms with Crippen molar-refractivity contribution in [2.24, 2.45) is 0 Å². The van der Waals surface area contributed by atoms with E-state index in [1.165, 1.54) is 27.8 Å². The zero-order valence-corrected chi connectivity index (χ0v) is 17.8. The van der Waals surface area contributed by atoms with Crippen molar-refractivity contribution in [2.45, 2.75) is 30.3 Å². The molecule has 0 atom stereocenters. The highest BCUT2D eigenvalue weighted by Gasteiger charge is 2.10. The van der Waals surface area contributed by atoms with Gasteiger partial charge >= 0.3 is 0 Å². The van der Waals surface area contributed by atoms with Crippen molar-refractivity contribution in [3.8, 4) is 0 Å². The van der Waals surface area contributed by atoms with E-state index in [-0.39, 0.29) is 5.91 Å². The third kappa shape index (κ3) is 6.46. The van der Waals surface area contributed by atoms with Crippen LogP contribution in [0.15, 0.2) is 64.6 Å². The Labute approximate surface area is 174 Å². The van der Waals surface area contributed by atoms with E-state index in [9.17, 15) is 4.79 Å². The van der Waals surface area contributed by atoms with Crippen LogP contribution >= 0.6 is 23.5 Å². The van der Waals surface area contributed by atoms with Gasteiger partial charge in [0, 0.05) is 29.3 Å². The molecule has 0 bridgehead atoms. The van der Waals surface area contributed by atoms with Gasteiger partial charge in [-0.2, -0.15) is 0 Å². The van der Waals surface area contributed by atoms with Crippen molar-refractivity contribution in [3.05, 3.63) is 77.1 Å². The van der Waals surface area contributed by atoms with Crippen LogP contribution in [0.3, 0.4) is 0 Å². The second-order valence-corrected chi connectivity index (χ2v) is 8.71. The first-order valence-corrected chi connectivity index (χ1v) is 11.3. The number of amides is 1. The lowest BCUT2D eigenvalue weighted by Gasteiger charge is -2.05. The molecule has 6 heteroatoms. The quantitative estimate of drug-likeness (QED) is 0.398. The molecule has 3 aromatic rings. The van der Waals surface area contributed by atoms with Crippen molar-refractivity contribution >= 4 is 29.4 Å². The number of hydrogen-bond donors (Lipinski definition) is 2. The Morgan fingerprint density at radius 3 is 2.54 bits per heavy atom. The number of thioether (sulfide) groups is 2. The largest absolute Gasteiger partial charge is 0.355 e. The number of rotatable bonds is 9. The second-order valence-electron chi connectivity index (χ2n) is 6.58. The Bertz CT molecular complexity index is 892. The van der Waals surface area contributed by atoms with Crippen molar-refractivity contribution in [3.63, 3.8) is 0 Å². The summed E-state index contributed by atoms with van der Waals surface area (Å²) in [4.78, 5) is 21.2. The fourth-order valence-corrected chi connectivity index (χ4v) is 4.21. The minimum atomic E-state index is 0.0353. The molecule has 28 heavy (non-hydrogen) atoms. The van der Waals surface area contributed by atoms with Gasteiger partial charge in [0.15, 0.2) is 5.16 Å². The molecule has 2 aromatic carbocycles. The molecule has 1 aromatic heterocycles. The number of aromatic nitrogens is 2. The van der Waals surface area contributed by atoms with Crippen molar-refractivity contribution in [1.82, 2.24) is 15.3 Å². The first-order valence-electron chi connectivity index (χ1n) is 9.28. The number of imidazole rings is 1. The highest BCUT2D eigenvalue weighted by atomic mass is 32.2. The molecule has 0 radical (unpaired) electrons. The number of hydrogen-bond acceptors (Lipinski definition) is 4. The third-order valence-electron chi connectivity index (χ3n) is 4.23. The summed E-state index contributed by atoms with van der Waals surface area (Å²) in [6, 6.07) is 18.7. The van der Waals surface area contributed by atoms with E-state index in [1.807, 2.05) is 25.1 Å². The highest BCUT2D eigenvalue weighted by Crippen LogP contribution is 2.19. The zero-order valence-electron chi connectivity index (χ0n) is 16.2. The number of nitrogens with one attached hydrogen (secondary N) is 2. The van der Waals surface area contributed by atoms with Gasteiger partial charge < -0.3 is 10.3 Å². The Kier molecular flexibility index (Phi) is 7.62. The first kappa shape index (κ1) is 20.6. The van der Waals surface area contributed by atoms with Crippen molar-refractivity contribution in [2.75, 3.05) is 18.1 Å². The molecule has 0 fully saturated rings. The van der Waals surface area contributed by atoms with Crippen molar-refractivity contribution in [1.29, 1.82) is 0 Å². The lowest BCUT2D eigenvalue weighted by Crippen LogP contribution is -2.27. The van der Waals surface area contributed by atoms with E-state index < -0.39 is 0 Å². The van der Waals surface area contributed by atoms with Crippen LogP contribution in [0.1, 0.15) is 22.5 Å². The van der Waals surface area contributed by atoms with Gasteiger partial charge in [0.25, 0.3) is 0 Å². The summed E-state index contributed by atoms with van der Waals surface area (Å²) in [7, 11) is 0. The first-order chi connectivity index (χ1) is 13.6. The fourth-order valence-electron chi connectivity index (χ4n) is 2.68. The van der Waals surface area contributed by atoms with E-state index >= 15 is 0 Å². The Morgan fingerprint density at radius 1 is 1.04 bits per heavy atom. The van der Waals surface area contributed by atoms with Crippen LogP contribution in [0.4, 0.5) is 0 Å². The Balaban J connectivity index is 1.38. The smallest absolute Gasteiger partial charge is 0.230 e. The third-order valence-corrected chi connectivity index (χ3v) is 6.12. The lowest BCUT2D eigenvalue weighted by atomic mass is 10.1. The van der Waals surface area contributed by atoms with Crippen LogP contribution in [0.2, 0.25) is 0 Å². The van der Waals surface area contributed by atoms with Crippen LogP contribution < -0.4 is 5.32 Å². The fraction of sp³-hybridized carbons (Fsp3) is 0.273. The predicted octanol–water partition coefficient (Wildman–Crippen LogP) is 4.62. The molecule has 146 valence electrons. The molecule has 0 unspecified atom stereocenters. The number of carbonyl (C=O) groups is 1. The lowest BCUT2D eigenvalue weighted by molar-refractivity contribution is -0.118. The van der Waals surface area contributed by atoms with E-state index in [0.717, 1.165) is 28.7 Å². The number of benzene rings is 2. The molecule has 3 rings (SSSR count). The van der Waals surface area contributed by atoms with Gasteiger partial charge in [0.05, 0.1) is 11.4 Å². The molecular weight excluding hydrogens is 386 g/mol. The minimum absolute atomic E-state index is 0.0353. The molecule has 1 amide bonds. The molecule has 0 aliphatic carbocycles. The van der Waals surface area contributed by atoms with Gasteiger partial charge in [0.1, 0.15) is 0 Å². The zero-order chi connectivity index (χ0) is 19.8. The normalized spacial score (nSPS) is 10.8. The number of nitrogens with zero attached hydrogens (tertiary/aromatic N) is 1. The Hall–Kier alpha value is -2.18. The number of carbonyl (C=O) groups excluding carboxylic acids is 1. The summed E-state index contributed by atoms with van der Waals surface area (Å²) in [5.74, 6) is 1.26. The average molecular weight is 412 g/mol. The average Bonchev–Trinajstić information content (AvgIpc) is 3.05. The van der Waals surface area contributed by atoms with Crippen molar-refractivity contribution < 1.29 is 4.79 Å². The number of aromatic amines is 1. The molecule has 0 aliphatic rings. The topological polar surface area (TPSA) is 57.8 Å². The van der Waals surface area contributed by atoms with Crippen LogP contribution in [-0.4, -0.2) is 33.9 Å². The summed E-state index contributed by atoms with van der Waals surface area (Å²) in [6.07, 6.45) is 0.798. The second kappa shape index (κ2) is 10.4. The molecule has 1 heterocycles. The SMILES string of the molecule is Cc1ccc(SCCNC(=O)CSc2nc(Cc3ccccc3)c(C)[nH]2)cc1. The van der Waals surface area contributed by atoms with Crippen LogP contribution in [0.5, 0.6) is 0 Å². The van der Waals surface area contributed by atoms with E-state index in [0.29, 0.717) is 12.3 Å². The number of H-pyrrole nitrogens is 1. The highest BCUT2D eigenvalue weighted by molar-refractivity contribution is 7.99. The molecule has 0 aliphatic heterocycles. The maximum atomic E-state index is 12.1. The Morgan fingerprint density at radius 2 is 1.79 bits per heavy atom. The van der Waals surface area contributed by atoms with Crippen LogP contribution in [0, 0.1) is 13.8 Å². The van der Waals surface area contributed by atoms with E-state index in [2.05, 4.69) is 58.6 Å². The predicted molar refractivity (Wildman–Crippen MR) is 118 cm³/mol. The monoisotopic (exact) mass is 411 g/mol. The molecule has 0 spiro atoms. The van der Waals surface area contributed by atoms with Crippen LogP contribution in [-0.2, 0) is 11.2 Å². The molecule has 4 nitrogen and oxygen atoms in total. The summed E-state index contributed by atoms with van der Waals surface area (Å²) < 4.78 is 0. The summed E-state index contributed by atoms with van der Waals surface area (Å²) in [5.41, 5.74) is 4.58. The molecule has 0 saturated heterocycles. The van der Waals surface area contributed by atoms with Gasteiger partial charge in [-0.05, 0) is 31.5 Å². The maximum Gasteiger partial charge on any atom is 0.230 e. The molecule has 0 saturated carbocycles. The van der Waals surface area contributed by atoms with E-state index in [1.54, 1.807) is 11.8 Å². The summed E-state index contributed by atoms with van der Waals surface area (Å²) >= 11 is 3.20. The summed E-state index contributed by atoms with van der Waals surface area (Å²) in [5, 5.41) is 3.77. The van der Waals surface area contributed by atoms with Gasteiger partial charge in [-0.25, -0.2) is 4.98 Å². The standard InChI is InChI=1S/C22H25N3OS2/c1-16-8-10-19(11-9-16)27-13-12-23-21(26)15-28-22-24-17(2)20(25-22)14-18-6-4-3-5-7-18/h3-11H,12-15H2,1-2H3,(H,23,26)(H,24,25). The molecule has 2 N–H and O–H groups in total. The van der Waals surface area contributed by atoms with E-state index in [4.69, 9.17) is 0 Å².